The van der Waals surface area contributed by atoms with E-state index in [9.17, 15) is 4.79 Å². The van der Waals surface area contributed by atoms with Crippen LogP contribution < -0.4 is 10.1 Å². The lowest BCUT2D eigenvalue weighted by Crippen LogP contribution is -2.29. The van der Waals surface area contributed by atoms with Crippen LogP contribution in [-0.4, -0.2) is 31.5 Å². The Hall–Kier alpha value is -2.04. The van der Waals surface area contributed by atoms with Gasteiger partial charge < -0.3 is 10.1 Å². The Balaban J connectivity index is 1.88. The van der Waals surface area contributed by atoms with E-state index in [2.05, 4.69) is 5.32 Å². The van der Waals surface area contributed by atoms with Gasteiger partial charge in [0, 0.05) is 23.3 Å². The summed E-state index contributed by atoms with van der Waals surface area (Å²) in [6.45, 7) is 0.954. The Morgan fingerprint density at radius 2 is 2.00 bits per heavy atom. The monoisotopic (exact) mass is 318 g/mol. The van der Waals surface area contributed by atoms with Crippen molar-refractivity contribution < 1.29 is 9.53 Å². The first kappa shape index (κ1) is 16.3. The van der Waals surface area contributed by atoms with Crippen LogP contribution in [-0.2, 0) is 11.3 Å². The van der Waals surface area contributed by atoms with Crippen molar-refractivity contribution in [2.75, 3.05) is 26.0 Å². The summed E-state index contributed by atoms with van der Waals surface area (Å²) in [5.41, 5.74) is 1.80. The Morgan fingerprint density at radius 1 is 1.23 bits per heavy atom. The molecule has 0 atom stereocenters. The van der Waals surface area contributed by atoms with Crippen molar-refractivity contribution in [2.45, 2.75) is 6.54 Å². The molecule has 2 aromatic carbocycles. The van der Waals surface area contributed by atoms with Gasteiger partial charge in [-0.3, -0.25) is 9.69 Å². The van der Waals surface area contributed by atoms with Gasteiger partial charge >= 0.3 is 0 Å². The van der Waals surface area contributed by atoms with Crippen molar-refractivity contribution in [3.63, 3.8) is 0 Å². The van der Waals surface area contributed by atoms with Gasteiger partial charge in [-0.25, -0.2) is 0 Å². The molecule has 116 valence electrons. The number of benzene rings is 2. The zero-order valence-corrected chi connectivity index (χ0v) is 13.4. The van der Waals surface area contributed by atoms with Gasteiger partial charge in [0.05, 0.1) is 13.7 Å². The number of carbonyl (C=O) groups is 1. The van der Waals surface area contributed by atoms with Crippen LogP contribution in [0.4, 0.5) is 5.69 Å². The fourth-order valence-corrected chi connectivity index (χ4v) is 2.36. The van der Waals surface area contributed by atoms with E-state index in [0.717, 1.165) is 11.3 Å². The Kier molecular flexibility index (Phi) is 5.81. The molecule has 5 heteroatoms. The van der Waals surface area contributed by atoms with Crippen LogP contribution in [0, 0.1) is 0 Å². The van der Waals surface area contributed by atoms with Crippen LogP contribution in [0.5, 0.6) is 5.75 Å². The van der Waals surface area contributed by atoms with Crippen LogP contribution in [0.25, 0.3) is 0 Å². The van der Waals surface area contributed by atoms with E-state index in [1.165, 1.54) is 0 Å². The topological polar surface area (TPSA) is 41.6 Å². The molecule has 0 aliphatic carbocycles. The largest absolute Gasteiger partial charge is 0.497 e. The Morgan fingerprint density at radius 3 is 2.73 bits per heavy atom. The molecule has 2 rings (SSSR count). The predicted octanol–water partition coefficient (Wildman–Crippen LogP) is 3.42. The number of rotatable bonds is 6. The Labute approximate surface area is 135 Å². The van der Waals surface area contributed by atoms with Crippen LogP contribution in [0.3, 0.4) is 0 Å². The van der Waals surface area contributed by atoms with E-state index >= 15 is 0 Å². The first-order valence-corrected chi connectivity index (χ1v) is 7.31. The quantitative estimate of drug-likeness (QED) is 0.887. The molecular formula is C17H19ClN2O2. The molecule has 1 N–H and O–H groups in total. The van der Waals surface area contributed by atoms with Gasteiger partial charge in [-0.15, -0.1) is 0 Å². The molecule has 0 unspecified atom stereocenters. The number of amides is 1. The first-order chi connectivity index (χ1) is 10.6. The number of anilines is 1. The summed E-state index contributed by atoms with van der Waals surface area (Å²) in [7, 11) is 3.49. The molecule has 0 saturated heterocycles. The first-order valence-electron chi connectivity index (χ1n) is 6.93. The van der Waals surface area contributed by atoms with E-state index in [1.807, 2.05) is 54.4 Å². The third kappa shape index (κ3) is 5.06. The van der Waals surface area contributed by atoms with E-state index < -0.39 is 0 Å². The van der Waals surface area contributed by atoms with Crippen molar-refractivity contribution in [3.05, 3.63) is 59.1 Å². The van der Waals surface area contributed by atoms with Crippen molar-refractivity contribution in [2.24, 2.45) is 0 Å². The lowest BCUT2D eigenvalue weighted by Gasteiger charge is -2.16. The molecule has 22 heavy (non-hydrogen) atoms. The van der Waals surface area contributed by atoms with Gasteiger partial charge in [-0.05, 0) is 36.9 Å². The number of halogens is 1. The summed E-state index contributed by atoms with van der Waals surface area (Å²) in [4.78, 5) is 14.0. The zero-order chi connectivity index (χ0) is 15.9. The second-order valence-corrected chi connectivity index (χ2v) is 5.52. The van der Waals surface area contributed by atoms with Gasteiger partial charge in [0.1, 0.15) is 5.75 Å². The summed E-state index contributed by atoms with van der Waals surface area (Å²) in [5, 5.41) is 3.56. The smallest absolute Gasteiger partial charge is 0.238 e. The molecule has 0 aliphatic rings. The number of hydrogen-bond donors (Lipinski definition) is 1. The second kappa shape index (κ2) is 7.82. The van der Waals surface area contributed by atoms with Crippen molar-refractivity contribution >= 4 is 23.2 Å². The fraction of sp³-hybridized carbons (Fsp3) is 0.235. The van der Waals surface area contributed by atoms with Gasteiger partial charge in [0.2, 0.25) is 5.91 Å². The zero-order valence-electron chi connectivity index (χ0n) is 12.7. The molecule has 1 amide bonds. The fourth-order valence-electron chi connectivity index (χ4n) is 2.15. The molecule has 0 aromatic heterocycles. The molecule has 0 saturated carbocycles. The third-order valence-electron chi connectivity index (χ3n) is 3.11. The lowest BCUT2D eigenvalue weighted by molar-refractivity contribution is -0.117. The van der Waals surface area contributed by atoms with Crippen LogP contribution in [0.2, 0.25) is 5.02 Å². The summed E-state index contributed by atoms with van der Waals surface area (Å²) >= 11 is 5.96. The van der Waals surface area contributed by atoms with Gasteiger partial charge in [0.25, 0.3) is 0 Å². The minimum atomic E-state index is -0.0715. The average molecular weight is 319 g/mol. The van der Waals surface area contributed by atoms with E-state index in [1.54, 1.807) is 13.2 Å². The number of carbonyl (C=O) groups excluding carboxylic acids is 1. The molecule has 4 nitrogen and oxygen atoms in total. The molecule has 0 aliphatic heterocycles. The molecular weight excluding hydrogens is 300 g/mol. The maximum Gasteiger partial charge on any atom is 0.238 e. The maximum absolute atomic E-state index is 12.1. The lowest BCUT2D eigenvalue weighted by atomic mass is 10.2. The summed E-state index contributed by atoms with van der Waals surface area (Å²) in [6.07, 6.45) is 0. The highest BCUT2D eigenvalue weighted by atomic mass is 35.5. The second-order valence-electron chi connectivity index (χ2n) is 5.08. The summed E-state index contributed by atoms with van der Waals surface area (Å²) < 4.78 is 5.13. The maximum atomic E-state index is 12.1. The van der Waals surface area contributed by atoms with Crippen molar-refractivity contribution in [3.8, 4) is 5.75 Å². The van der Waals surface area contributed by atoms with Crippen LogP contribution in [0.1, 0.15) is 5.56 Å². The number of ether oxygens (including phenoxy) is 1. The number of likely N-dealkylation sites (N-methyl/N-ethyl adjacent to an activating group) is 1. The molecule has 0 fully saturated rings. The van der Waals surface area contributed by atoms with Crippen LogP contribution >= 0.6 is 11.6 Å². The average Bonchev–Trinajstić information content (AvgIpc) is 2.47. The number of hydrogen-bond acceptors (Lipinski definition) is 3. The minimum absolute atomic E-state index is 0.0715. The highest BCUT2D eigenvalue weighted by molar-refractivity contribution is 6.30. The number of nitrogens with zero attached hydrogens (tertiary/aromatic N) is 1. The SMILES string of the molecule is COc1cccc(NC(=O)CN(C)Cc2cccc(Cl)c2)c1. The van der Waals surface area contributed by atoms with Crippen LogP contribution in [0.15, 0.2) is 48.5 Å². The molecule has 0 bridgehead atoms. The highest BCUT2D eigenvalue weighted by Crippen LogP contribution is 2.17. The standard InChI is InChI=1S/C17H19ClN2O2/c1-20(11-13-5-3-6-14(18)9-13)12-17(21)19-15-7-4-8-16(10-15)22-2/h3-10H,11-12H2,1-2H3,(H,19,21). The molecule has 0 heterocycles. The van der Waals surface area contributed by atoms with Gasteiger partial charge in [-0.1, -0.05) is 29.8 Å². The Bertz CT molecular complexity index is 646. The van der Waals surface area contributed by atoms with Gasteiger partial charge in [0.15, 0.2) is 0 Å². The predicted molar refractivity (Wildman–Crippen MR) is 89.4 cm³/mol. The number of nitrogens with one attached hydrogen (secondary N) is 1. The van der Waals surface area contributed by atoms with E-state index in [0.29, 0.717) is 23.9 Å². The van der Waals surface area contributed by atoms with E-state index in [4.69, 9.17) is 16.3 Å². The molecule has 0 spiro atoms. The summed E-state index contributed by atoms with van der Waals surface area (Å²) in [6, 6.07) is 14.9. The van der Waals surface area contributed by atoms with Gasteiger partial charge in [-0.2, -0.15) is 0 Å². The third-order valence-corrected chi connectivity index (χ3v) is 3.34. The number of methoxy groups -OCH3 is 1. The summed E-state index contributed by atoms with van der Waals surface area (Å²) in [5.74, 6) is 0.642. The molecule has 0 radical (unpaired) electrons. The molecule has 2 aromatic rings. The minimum Gasteiger partial charge on any atom is -0.497 e. The highest BCUT2D eigenvalue weighted by Gasteiger charge is 2.08. The van der Waals surface area contributed by atoms with Crippen molar-refractivity contribution in [1.29, 1.82) is 0 Å². The normalized spacial score (nSPS) is 10.5. The van der Waals surface area contributed by atoms with E-state index in [-0.39, 0.29) is 5.91 Å². The van der Waals surface area contributed by atoms with Crippen molar-refractivity contribution in [1.82, 2.24) is 4.90 Å².